The molecule has 0 bridgehead atoms. The summed E-state index contributed by atoms with van der Waals surface area (Å²) in [5.74, 6) is -3.18. The molecule has 0 unspecified atom stereocenters. The van der Waals surface area contributed by atoms with Gasteiger partial charge >= 0.3 is 12.1 Å². The Bertz CT molecular complexity index is 1110. The van der Waals surface area contributed by atoms with E-state index in [9.17, 15) is 22.4 Å². The molecule has 3 aromatic rings. The predicted molar refractivity (Wildman–Crippen MR) is 90.8 cm³/mol. The summed E-state index contributed by atoms with van der Waals surface area (Å²) < 4.78 is 67.7. The van der Waals surface area contributed by atoms with Crippen LogP contribution in [-0.4, -0.2) is 38.8 Å². The third-order valence-corrected chi connectivity index (χ3v) is 4.52. The van der Waals surface area contributed by atoms with Crippen LogP contribution in [0.5, 0.6) is 5.75 Å². The van der Waals surface area contributed by atoms with Crippen molar-refractivity contribution in [3.8, 4) is 17.1 Å². The Morgan fingerprint density at radius 1 is 1.20 bits per heavy atom. The first-order chi connectivity index (χ1) is 14.1. The summed E-state index contributed by atoms with van der Waals surface area (Å²) in [5, 5.41) is 6.93. The molecule has 1 aliphatic heterocycles. The van der Waals surface area contributed by atoms with Gasteiger partial charge in [0.25, 0.3) is 5.91 Å². The van der Waals surface area contributed by atoms with Crippen LogP contribution in [-0.2, 0) is 12.7 Å². The Balaban J connectivity index is 1.67. The molecule has 1 aromatic carbocycles. The molecular weight excluding hydrogens is 412 g/mol. The van der Waals surface area contributed by atoms with Gasteiger partial charge in [-0.1, -0.05) is 10.3 Å². The lowest BCUT2D eigenvalue weighted by atomic mass is 10.1. The first-order valence-electron chi connectivity index (χ1n) is 8.74. The molecule has 30 heavy (non-hydrogen) atoms. The average molecular weight is 426 g/mol. The van der Waals surface area contributed by atoms with E-state index in [0.717, 1.165) is 6.07 Å². The number of rotatable bonds is 2. The Morgan fingerprint density at radius 2 is 1.97 bits per heavy atom. The predicted octanol–water partition coefficient (Wildman–Crippen LogP) is 3.61. The van der Waals surface area contributed by atoms with Gasteiger partial charge in [0.1, 0.15) is 18.2 Å². The van der Waals surface area contributed by atoms with Gasteiger partial charge in [0.05, 0.1) is 18.3 Å². The van der Waals surface area contributed by atoms with Crippen molar-refractivity contribution < 1.29 is 36.1 Å². The molecule has 3 heterocycles. The Kier molecular flexibility index (Phi) is 4.71. The van der Waals surface area contributed by atoms with Crippen LogP contribution in [0, 0.1) is 12.7 Å². The number of nitrogens with zero attached hydrogens (tertiary/aromatic N) is 4. The van der Waals surface area contributed by atoms with Crippen molar-refractivity contribution in [3.05, 3.63) is 46.9 Å². The minimum Gasteiger partial charge on any atom is -0.491 e. The van der Waals surface area contributed by atoms with Crippen molar-refractivity contribution in [3.63, 3.8) is 0 Å². The van der Waals surface area contributed by atoms with Gasteiger partial charge < -0.3 is 18.7 Å². The molecule has 4 rings (SSSR count). The number of aryl methyl sites for hydroxylation is 1. The number of carbonyl (C=O) groups is 1. The van der Waals surface area contributed by atoms with Crippen molar-refractivity contribution >= 4 is 5.91 Å². The second-order valence-electron chi connectivity index (χ2n) is 6.78. The van der Waals surface area contributed by atoms with Crippen molar-refractivity contribution in [1.29, 1.82) is 0 Å². The van der Waals surface area contributed by atoms with Crippen LogP contribution in [0.3, 0.4) is 0 Å². The smallest absolute Gasteiger partial charge is 0.471 e. The second-order valence-corrected chi connectivity index (χ2v) is 6.78. The molecule has 0 spiro atoms. The van der Waals surface area contributed by atoms with E-state index in [1.165, 1.54) is 17.0 Å². The van der Waals surface area contributed by atoms with Crippen LogP contribution in [0.1, 0.15) is 34.6 Å². The van der Waals surface area contributed by atoms with Gasteiger partial charge in [0.2, 0.25) is 11.6 Å². The molecule has 1 amide bonds. The SMILES string of the molecule is Cc1cc(C(=O)N2Cc3c(F)cc(-c4noc(C(F)(F)F)n4)cc3OC[C@H]2C)on1. The van der Waals surface area contributed by atoms with Gasteiger partial charge in [-0.15, -0.1) is 0 Å². The normalized spacial score (nSPS) is 16.7. The summed E-state index contributed by atoms with van der Waals surface area (Å²) in [4.78, 5) is 17.4. The van der Waals surface area contributed by atoms with Gasteiger partial charge in [-0.05, 0) is 26.0 Å². The number of fused-ring (bicyclic) bond motifs is 1. The zero-order valence-electron chi connectivity index (χ0n) is 15.7. The van der Waals surface area contributed by atoms with E-state index in [4.69, 9.17) is 9.26 Å². The number of benzene rings is 1. The van der Waals surface area contributed by atoms with Crippen LogP contribution in [0.15, 0.2) is 27.2 Å². The Hall–Kier alpha value is -3.44. The van der Waals surface area contributed by atoms with E-state index in [0.29, 0.717) is 5.69 Å². The maximum absolute atomic E-state index is 14.8. The largest absolute Gasteiger partial charge is 0.491 e. The lowest BCUT2D eigenvalue weighted by Gasteiger charge is -2.25. The molecule has 0 aliphatic carbocycles. The van der Waals surface area contributed by atoms with E-state index in [1.807, 2.05) is 0 Å². The van der Waals surface area contributed by atoms with Crippen LogP contribution in [0.2, 0.25) is 0 Å². The number of halogens is 4. The monoisotopic (exact) mass is 426 g/mol. The maximum Gasteiger partial charge on any atom is 0.471 e. The molecule has 0 radical (unpaired) electrons. The van der Waals surface area contributed by atoms with Gasteiger partial charge in [-0.3, -0.25) is 4.79 Å². The van der Waals surface area contributed by atoms with Gasteiger partial charge in [-0.2, -0.15) is 18.2 Å². The number of hydrogen-bond acceptors (Lipinski definition) is 7. The molecule has 12 heteroatoms. The number of alkyl halides is 3. The first kappa shape index (κ1) is 19.9. The Morgan fingerprint density at radius 3 is 2.60 bits per heavy atom. The quantitative estimate of drug-likeness (QED) is 0.578. The minimum absolute atomic E-state index is 0.00584. The van der Waals surface area contributed by atoms with Crippen molar-refractivity contribution in [2.45, 2.75) is 32.6 Å². The lowest BCUT2D eigenvalue weighted by Crippen LogP contribution is -2.39. The number of carbonyl (C=O) groups excluding carboxylic acids is 1. The zero-order chi connectivity index (χ0) is 21.6. The van der Waals surface area contributed by atoms with E-state index < -0.39 is 35.7 Å². The lowest BCUT2D eigenvalue weighted by molar-refractivity contribution is -0.159. The zero-order valence-corrected chi connectivity index (χ0v) is 15.7. The highest BCUT2D eigenvalue weighted by molar-refractivity contribution is 5.91. The highest BCUT2D eigenvalue weighted by Gasteiger charge is 2.39. The summed E-state index contributed by atoms with van der Waals surface area (Å²) in [6.45, 7) is 3.25. The molecular formula is C18H14F4N4O4. The summed E-state index contributed by atoms with van der Waals surface area (Å²) in [5.41, 5.74) is 0.530. The van der Waals surface area contributed by atoms with Crippen molar-refractivity contribution in [2.75, 3.05) is 6.61 Å². The maximum atomic E-state index is 14.8. The van der Waals surface area contributed by atoms with Gasteiger partial charge in [0, 0.05) is 17.2 Å². The van der Waals surface area contributed by atoms with Crippen LogP contribution < -0.4 is 4.74 Å². The first-order valence-corrected chi connectivity index (χ1v) is 8.74. The number of ether oxygens (including phenoxy) is 1. The fourth-order valence-electron chi connectivity index (χ4n) is 2.98. The molecule has 1 atom stereocenters. The molecule has 0 saturated heterocycles. The molecule has 0 fully saturated rings. The Labute approximate surface area is 166 Å². The number of hydrogen-bond donors (Lipinski definition) is 0. The van der Waals surface area contributed by atoms with Crippen LogP contribution >= 0.6 is 0 Å². The molecule has 158 valence electrons. The van der Waals surface area contributed by atoms with Crippen molar-refractivity contribution in [2.24, 2.45) is 0 Å². The minimum atomic E-state index is -4.82. The number of aromatic nitrogens is 3. The van der Waals surface area contributed by atoms with Crippen molar-refractivity contribution in [1.82, 2.24) is 20.2 Å². The fourth-order valence-corrected chi connectivity index (χ4v) is 2.98. The standard InChI is InChI=1S/C18H14F4N4O4/c1-8-3-14(29-24-8)16(27)26-6-11-12(19)4-10(5-13(11)28-7-9(26)2)15-23-17(30-25-15)18(20,21)22/h3-5,9H,6-7H2,1-2H3/t9-/m1/s1. The van der Waals surface area contributed by atoms with Gasteiger partial charge in [-0.25, -0.2) is 4.39 Å². The molecule has 2 aromatic heterocycles. The highest BCUT2D eigenvalue weighted by Crippen LogP contribution is 2.34. The number of amides is 1. The average Bonchev–Trinajstić information content (AvgIpc) is 3.30. The third kappa shape index (κ3) is 3.60. The highest BCUT2D eigenvalue weighted by atomic mass is 19.4. The summed E-state index contributed by atoms with van der Waals surface area (Å²) in [7, 11) is 0. The molecule has 0 N–H and O–H groups in total. The van der Waals surface area contributed by atoms with E-state index in [-0.39, 0.29) is 35.8 Å². The van der Waals surface area contributed by atoms with Gasteiger partial charge in [0.15, 0.2) is 0 Å². The summed E-state index contributed by atoms with van der Waals surface area (Å²) >= 11 is 0. The second kappa shape index (κ2) is 7.11. The fraction of sp³-hybridized carbons (Fsp3) is 0.333. The molecule has 0 saturated carbocycles. The topological polar surface area (TPSA) is 94.5 Å². The molecule has 1 aliphatic rings. The van der Waals surface area contributed by atoms with Crippen LogP contribution in [0.25, 0.3) is 11.4 Å². The summed E-state index contributed by atoms with van der Waals surface area (Å²) in [6, 6.07) is 3.29. The van der Waals surface area contributed by atoms with E-state index >= 15 is 0 Å². The van der Waals surface area contributed by atoms with E-state index in [1.54, 1.807) is 13.8 Å². The summed E-state index contributed by atoms with van der Waals surface area (Å²) in [6.07, 6.45) is -4.82. The van der Waals surface area contributed by atoms with E-state index in [2.05, 4.69) is 19.8 Å². The van der Waals surface area contributed by atoms with Crippen LogP contribution in [0.4, 0.5) is 17.6 Å². The third-order valence-electron chi connectivity index (χ3n) is 4.52. The molecule has 8 nitrogen and oxygen atoms in total.